The maximum Gasteiger partial charge on any atom is 0.302 e. The van der Waals surface area contributed by atoms with Gasteiger partial charge in [0.1, 0.15) is 6.10 Å². The van der Waals surface area contributed by atoms with E-state index in [4.69, 9.17) is 4.74 Å². The molecule has 0 aromatic rings. The normalized spacial score (nSPS) is 42.9. The number of rotatable bonds is 6. The van der Waals surface area contributed by atoms with Gasteiger partial charge in [-0.15, -0.1) is 0 Å². The molecule has 176 valence electrons. The summed E-state index contributed by atoms with van der Waals surface area (Å²) in [6.45, 7) is 14.1. The minimum atomic E-state index is -0.115. The lowest BCUT2D eigenvalue weighted by atomic mass is 9.47. The zero-order valence-corrected chi connectivity index (χ0v) is 21.2. The van der Waals surface area contributed by atoms with Crippen LogP contribution in [0.15, 0.2) is 11.6 Å². The van der Waals surface area contributed by atoms with E-state index in [9.17, 15) is 4.79 Å². The monoisotopic (exact) mass is 428 g/mol. The molecule has 0 aromatic heterocycles. The third kappa shape index (κ3) is 4.26. The summed E-state index contributed by atoms with van der Waals surface area (Å²) in [6.07, 6.45) is 17.2. The second kappa shape index (κ2) is 8.86. The second-order valence-corrected chi connectivity index (χ2v) is 12.8. The van der Waals surface area contributed by atoms with Gasteiger partial charge in [0.2, 0.25) is 0 Å². The molecule has 4 aliphatic carbocycles. The van der Waals surface area contributed by atoms with Gasteiger partial charge in [0, 0.05) is 13.3 Å². The van der Waals surface area contributed by atoms with Crippen LogP contribution in [0.1, 0.15) is 112 Å². The number of ether oxygens (including phenoxy) is 1. The van der Waals surface area contributed by atoms with E-state index in [2.05, 4.69) is 40.7 Å². The molecule has 0 bridgehead atoms. The maximum atomic E-state index is 11.5. The first-order valence-corrected chi connectivity index (χ1v) is 13.5. The second-order valence-electron chi connectivity index (χ2n) is 12.8. The molecule has 0 aliphatic heterocycles. The molecule has 8 atom stereocenters. The SMILES string of the molecule is CC(=O)O[C@H]1CC[C@@]2(C)C(=CCC3C4CCC(C(C)CCCC(C)C)[C@]4(C)CCC32)C1. The van der Waals surface area contributed by atoms with Gasteiger partial charge in [-0.2, -0.15) is 0 Å². The van der Waals surface area contributed by atoms with Crippen LogP contribution in [0.3, 0.4) is 0 Å². The van der Waals surface area contributed by atoms with E-state index in [1.54, 1.807) is 12.5 Å². The molecule has 0 spiro atoms. The molecular weight excluding hydrogens is 380 g/mol. The fraction of sp³-hybridized carbons (Fsp3) is 0.897. The maximum absolute atomic E-state index is 11.5. The molecule has 0 N–H and O–H groups in total. The van der Waals surface area contributed by atoms with Crippen molar-refractivity contribution in [2.45, 2.75) is 118 Å². The number of allylic oxidation sites excluding steroid dienone is 1. The van der Waals surface area contributed by atoms with Crippen LogP contribution in [0.4, 0.5) is 0 Å². The largest absolute Gasteiger partial charge is 0.462 e. The first-order valence-electron chi connectivity index (χ1n) is 13.5. The summed E-state index contributed by atoms with van der Waals surface area (Å²) < 4.78 is 5.61. The van der Waals surface area contributed by atoms with E-state index in [1.165, 1.54) is 57.8 Å². The van der Waals surface area contributed by atoms with Gasteiger partial charge in [0.25, 0.3) is 0 Å². The molecule has 0 amide bonds. The van der Waals surface area contributed by atoms with Gasteiger partial charge in [0.05, 0.1) is 0 Å². The summed E-state index contributed by atoms with van der Waals surface area (Å²) in [4.78, 5) is 11.5. The smallest absolute Gasteiger partial charge is 0.302 e. The Balaban J connectivity index is 1.47. The van der Waals surface area contributed by atoms with Crippen LogP contribution in [0.5, 0.6) is 0 Å². The van der Waals surface area contributed by atoms with Gasteiger partial charge in [-0.05, 0) is 91.3 Å². The van der Waals surface area contributed by atoms with Crippen LogP contribution in [-0.2, 0) is 9.53 Å². The fourth-order valence-corrected chi connectivity index (χ4v) is 8.99. The van der Waals surface area contributed by atoms with Crippen LogP contribution in [0.2, 0.25) is 0 Å². The topological polar surface area (TPSA) is 26.3 Å². The Hall–Kier alpha value is -0.790. The molecule has 0 aromatic carbocycles. The van der Waals surface area contributed by atoms with E-state index < -0.39 is 0 Å². The lowest BCUT2D eigenvalue weighted by Crippen LogP contribution is -2.51. The van der Waals surface area contributed by atoms with Crippen LogP contribution in [0.25, 0.3) is 0 Å². The summed E-state index contributed by atoms with van der Waals surface area (Å²) in [5.41, 5.74) is 2.53. The van der Waals surface area contributed by atoms with Crippen molar-refractivity contribution in [3.05, 3.63) is 11.6 Å². The highest BCUT2D eigenvalue weighted by atomic mass is 16.5. The first-order chi connectivity index (χ1) is 14.6. The van der Waals surface area contributed by atoms with E-state index in [1.807, 2.05) is 0 Å². The van der Waals surface area contributed by atoms with Crippen LogP contribution >= 0.6 is 0 Å². The molecule has 2 heteroatoms. The third-order valence-corrected chi connectivity index (χ3v) is 10.6. The number of hydrogen-bond acceptors (Lipinski definition) is 2. The summed E-state index contributed by atoms with van der Waals surface area (Å²) in [5.74, 6) is 5.19. The predicted molar refractivity (Wildman–Crippen MR) is 129 cm³/mol. The van der Waals surface area contributed by atoms with Crippen LogP contribution in [-0.4, -0.2) is 12.1 Å². The van der Waals surface area contributed by atoms with Gasteiger partial charge in [-0.25, -0.2) is 0 Å². The molecule has 0 saturated heterocycles. The van der Waals surface area contributed by atoms with Crippen molar-refractivity contribution >= 4 is 5.97 Å². The molecule has 4 aliphatic rings. The average molecular weight is 429 g/mol. The standard InChI is InChI=1S/C29H48O2/c1-19(2)8-7-9-20(3)25-12-13-26-24-11-10-22-18-23(31-21(4)30)14-16-28(22,5)27(24)15-17-29(25,26)6/h10,19-20,23-27H,7-9,11-18H2,1-6H3/t20?,23-,24?,25?,26?,27?,28-,29-/m0/s1. The van der Waals surface area contributed by atoms with Crippen LogP contribution < -0.4 is 0 Å². The quantitative estimate of drug-likeness (QED) is 0.317. The first kappa shape index (κ1) is 23.4. The lowest BCUT2D eigenvalue weighted by molar-refractivity contribution is -0.148. The molecule has 3 fully saturated rings. The number of carbonyl (C=O) groups is 1. The van der Waals surface area contributed by atoms with Crippen molar-refractivity contribution < 1.29 is 9.53 Å². The Labute approximate surface area is 192 Å². The minimum Gasteiger partial charge on any atom is -0.462 e. The van der Waals surface area contributed by atoms with Crippen molar-refractivity contribution in [1.82, 2.24) is 0 Å². The van der Waals surface area contributed by atoms with E-state index in [-0.39, 0.29) is 12.1 Å². The third-order valence-electron chi connectivity index (χ3n) is 10.6. The van der Waals surface area contributed by atoms with Crippen molar-refractivity contribution in [3.63, 3.8) is 0 Å². The van der Waals surface area contributed by atoms with Crippen molar-refractivity contribution in [2.75, 3.05) is 0 Å². The molecule has 31 heavy (non-hydrogen) atoms. The molecular formula is C29H48O2. The summed E-state index contributed by atoms with van der Waals surface area (Å²) in [6, 6.07) is 0. The zero-order valence-electron chi connectivity index (χ0n) is 21.2. The zero-order chi connectivity index (χ0) is 22.4. The molecule has 3 saturated carbocycles. The van der Waals surface area contributed by atoms with E-state index >= 15 is 0 Å². The van der Waals surface area contributed by atoms with Gasteiger partial charge in [-0.3, -0.25) is 4.79 Å². The van der Waals surface area contributed by atoms with Crippen molar-refractivity contribution in [2.24, 2.45) is 46.3 Å². The Morgan fingerprint density at radius 3 is 2.55 bits per heavy atom. The van der Waals surface area contributed by atoms with Gasteiger partial charge in [-0.1, -0.05) is 65.5 Å². The lowest BCUT2D eigenvalue weighted by Gasteiger charge is -2.58. The Morgan fingerprint density at radius 1 is 1.06 bits per heavy atom. The average Bonchev–Trinajstić information content (AvgIpc) is 3.05. The molecule has 4 rings (SSSR count). The highest BCUT2D eigenvalue weighted by Crippen LogP contribution is 2.67. The summed E-state index contributed by atoms with van der Waals surface area (Å²) in [5, 5.41) is 0. The van der Waals surface area contributed by atoms with Gasteiger partial charge < -0.3 is 4.74 Å². The van der Waals surface area contributed by atoms with Gasteiger partial charge >= 0.3 is 5.97 Å². The van der Waals surface area contributed by atoms with Crippen molar-refractivity contribution in [1.29, 1.82) is 0 Å². The number of esters is 1. The Morgan fingerprint density at radius 2 is 1.84 bits per heavy atom. The molecule has 0 radical (unpaired) electrons. The van der Waals surface area contributed by atoms with Gasteiger partial charge in [0.15, 0.2) is 0 Å². The van der Waals surface area contributed by atoms with Crippen LogP contribution in [0, 0.1) is 46.3 Å². The predicted octanol–water partition coefficient (Wildman–Crippen LogP) is 7.96. The molecule has 2 nitrogen and oxygen atoms in total. The fourth-order valence-electron chi connectivity index (χ4n) is 8.99. The Bertz CT molecular complexity index is 693. The summed E-state index contributed by atoms with van der Waals surface area (Å²) in [7, 11) is 0. The molecule has 0 heterocycles. The highest BCUT2D eigenvalue weighted by molar-refractivity contribution is 5.66. The van der Waals surface area contributed by atoms with E-state index in [0.717, 1.165) is 48.3 Å². The number of carbonyl (C=O) groups excluding carboxylic acids is 1. The van der Waals surface area contributed by atoms with Crippen molar-refractivity contribution in [3.8, 4) is 0 Å². The highest BCUT2D eigenvalue weighted by Gasteiger charge is 2.59. The molecule has 5 unspecified atom stereocenters. The summed E-state index contributed by atoms with van der Waals surface area (Å²) >= 11 is 0. The van der Waals surface area contributed by atoms with E-state index in [0.29, 0.717) is 10.8 Å². The minimum absolute atomic E-state index is 0.115. The number of fused-ring (bicyclic) bond motifs is 5. The number of hydrogen-bond donors (Lipinski definition) is 0. The Kier molecular flexibility index (Phi) is 6.68.